The molecule has 202 valence electrons. The van der Waals surface area contributed by atoms with Crippen molar-refractivity contribution in [3.63, 3.8) is 0 Å². The van der Waals surface area contributed by atoms with Crippen LogP contribution in [0, 0.1) is 0 Å². The van der Waals surface area contributed by atoms with Crippen molar-refractivity contribution in [2.75, 3.05) is 56.2 Å². The predicted molar refractivity (Wildman–Crippen MR) is 148 cm³/mol. The van der Waals surface area contributed by atoms with Gasteiger partial charge in [0.25, 0.3) is 5.91 Å². The first-order valence-electron chi connectivity index (χ1n) is 13.2. The van der Waals surface area contributed by atoms with Crippen molar-refractivity contribution < 1.29 is 18.7 Å². The van der Waals surface area contributed by atoms with Gasteiger partial charge < -0.3 is 29.0 Å². The molecule has 1 unspecified atom stereocenters. The number of furan rings is 1. The van der Waals surface area contributed by atoms with Gasteiger partial charge in [-0.05, 0) is 55.7 Å². The van der Waals surface area contributed by atoms with Gasteiger partial charge in [0, 0.05) is 56.8 Å². The fourth-order valence-corrected chi connectivity index (χ4v) is 5.43. The van der Waals surface area contributed by atoms with E-state index in [2.05, 4.69) is 40.2 Å². The maximum absolute atomic E-state index is 12.4. The van der Waals surface area contributed by atoms with Crippen LogP contribution in [0.25, 0.3) is 0 Å². The SMILES string of the molecule is CCc1cc(N2CCN(c3ccc(OC)cc3)CC2)nc(SCc2ccc(C(=O)NCC3CCCO3)o2)n1. The fourth-order valence-electron chi connectivity index (χ4n) is 4.67. The second-order valence-electron chi connectivity index (χ2n) is 9.43. The summed E-state index contributed by atoms with van der Waals surface area (Å²) < 4.78 is 16.6. The lowest BCUT2D eigenvalue weighted by molar-refractivity contribution is 0.0834. The molecule has 1 aromatic carbocycles. The van der Waals surface area contributed by atoms with Crippen LogP contribution in [0.5, 0.6) is 5.75 Å². The molecule has 4 heterocycles. The van der Waals surface area contributed by atoms with E-state index in [1.54, 1.807) is 13.2 Å². The molecule has 2 fully saturated rings. The van der Waals surface area contributed by atoms with Gasteiger partial charge in [0.05, 0.1) is 19.0 Å². The van der Waals surface area contributed by atoms with Crippen molar-refractivity contribution in [2.24, 2.45) is 0 Å². The largest absolute Gasteiger partial charge is 0.497 e. The summed E-state index contributed by atoms with van der Waals surface area (Å²) in [5.41, 5.74) is 2.22. The Morgan fingerprint density at radius 3 is 2.61 bits per heavy atom. The highest BCUT2D eigenvalue weighted by Crippen LogP contribution is 2.26. The number of aryl methyl sites for hydroxylation is 1. The molecule has 1 N–H and O–H groups in total. The Morgan fingerprint density at radius 2 is 1.89 bits per heavy atom. The van der Waals surface area contributed by atoms with E-state index in [0.29, 0.717) is 18.1 Å². The zero-order valence-corrected chi connectivity index (χ0v) is 22.8. The van der Waals surface area contributed by atoms with Gasteiger partial charge in [0.2, 0.25) is 0 Å². The third-order valence-electron chi connectivity index (χ3n) is 6.89. The summed E-state index contributed by atoms with van der Waals surface area (Å²) in [7, 11) is 1.69. The van der Waals surface area contributed by atoms with Gasteiger partial charge in [-0.3, -0.25) is 4.79 Å². The number of thioether (sulfide) groups is 1. The lowest BCUT2D eigenvalue weighted by atomic mass is 10.2. The van der Waals surface area contributed by atoms with E-state index < -0.39 is 0 Å². The van der Waals surface area contributed by atoms with Gasteiger partial charge >= 0.3 is 0 Å². The number of rotatable bonds is 10. The first-order chi connectivity index (χ1) is 18.6. The fraction of sp³-hybridized carbons (Fsp3) is 0.464. The number of anilines is 2. The Kier molecular flexibility index (Phi) is 8.70. The van der Waals surface area contributed by atoms with Crippen molar-refractivity contribution in [3.8, 4) is 5.75 Å². The van der Waals surface area contributed by atoms with E-state index in [1.165, 1.54) is 17.4 Å². The zero-order valence-electron chi connectivity index (χ0n) is 22.0. The topological polar surface area (TPSA) is 93.0 Å². The Morgan fingerprint density at radius 1 is 1.11 bits per heavy atom. The second kappa shape index (κ2) is 12.5. The molecule has 3 aromatic rings. The summed E-state index contributed by atoms with van der Waals surface area (Å²) in [5.74, 6) is 3.21. The van der Waals surface area contributed by atoms with Gasteiger partial charge in [-0.25, -0.2) is 9.97 Å². The smallest absolute Gasteiger partial charge is 0.287 e. The highest BCUT2D eigenvalue weighted by Gasteiger charge is 2.21. The van der Waals surface area contributed by atoms with Crippen molar-refractivity contribution in [1.82, 2.24) is 15.3 Å². The van der Waals surface area contributed by atoms with Crippen molar-refractivity contribution in [2.45, 2.75) is 43.2 Å². The molecule has 0 saturated carbocycles. The molecule has 9 nitrogen and oxygen atoms in total. The van der Waals surface area contributed by atoms with E-state index in [-0.39, 0.29) is 12.0 Å². The van der Waals surface area contributed by atoms with E-state index in [0.717, 1.165) is 80.2 Å². The molecule has 0 aliphatic carbocycles. The van der Waals surface area contributed by atoms with Gasteiger partial charge in [-0.1, -0.05) is 18.7 Å². The third kappa shape index (κ3) is 6.60. The summed E-state index contributed by atoms with van der Waals surface area (Å²) in [4.78, 5) is 26.7. The molecule has 5 rings (SSSR count). The minimum Gasteiger partial charge on any atom is -0.497 e. The first kappa shape index (κ1) is 26.4. The lowest BCUT2D eigenvalue weighted by Gasteiger charge is -2.37. The molecule has 0 spiro atoms. The highest BCUT2D eigenvalue weighted by molar-refractivity contribution is 7.98. The van der Waals surface area contributed by atoms with Crippen LogP contribution in [0.2, 0.25) is 0 Å². The maximum atomic E-state index is 12.4. The number of carbonyl (C=O) groups is 1. The molecule has 2 aliphatic heterocycles. The van der Waals surface area contributed by atoms with Crippen LogP contribution < -0.4 is 19.9 Å². The average molecular weight is 538 g/mol. The highest BCUT2D eigenvalue weighted by atomic mass is 32.2. The van der Waals surface area contributed by atoms with E-state index >= 15 is 0 Å². The maximum Gasteiger partial charge on any atom is 0.287 e. The zero-order chi connectivity index (χ0) is 26.3. The third-order valence-corrected chi connectivity index (χ3v) is 7.76. The van der Waals surface area contributed by atoms with Gasteiger partial charge in [0.1, 0.15) is 17.3 Å². The summed E-state index contributed by atoms with van der Waals surface area (Å²) in [5, 5.41) is 3.62. The van der Waals surface area contributed by atoms with Crippen LogP contribution in [0.1, 0.15) is 41.8 Å². The van der Waals surface area contributed by atoms with E-state index in [1.807, 2.05) is 18.2 Å². The predicted octanol–water partition coefficient (Wildman–Crippen LogP) is 4.17. The van der Waals surface area contributed by atoms with Crippen LogP contribution in [0.15, 0.2) is 52.0 Å². The molecule has 0 bridgehead atoms. The Balaban J connectivity index is 1.16. The average Bonchev–Trinajstić information content (AvgIpc) is 3.67. The van der Waals surface area contributed by atoms with E-state index in [4.69, 9.17) is 23.9 Å². The van der Waals surface area contributed by atoms with Gasteiger partial charge in [0.15, 0.2) is 10.9 Å². The molecule has 2 saturated heterocycles. The molecule has 10 heteroatoms. The normalized spacial score (nSPS) is 17.6. The number of benzene rings is 1. The number of piperazine rings is 1. The molecule has 0 radical (unpaired) electrons. The number of aromatic nitrogens is 2. The molecule has 2 aliphatic rings. The van der Waals surface area contributed by atoms with Crippen molar-refractivity contribution in [3.05, 3.63) is 59.7 Å². The van der Waals surface area contributed by atoms with Crippen LogP contribution in [-0.4, -0.2) is 68.4 Å². The van der Waals surface area contributed by atoms with E-state index in [9.17, 15) is 4.79 Å². The number of carbonyl (C=O) groups excluding carboxylic acids is 1. The van der Waals surface area contributed by atoms with Crippen LogP contribution in [0.4, 0.5) is 11.5 Å². The van der Waals surface area contributed by atoms with Crippen molar-refractivity contribution in [1.29, 1.82) is 0 Å². The first-order valence-corrected chi connectivity index (χ1v) is 14.2. The molecular formula is C28H35N5O4S. The molecular weight excluding hydrogens is 502 g/mol. The summed E-state index contributed by atoms with van der Waals surface area (Å²) in [6.45, 7) is 7.01. The van der Waals surface area contributed by atoms with Crippen LogP contribution in [0.3, 0.4) is 0 Å². The molecule has 38 heavy (non-hydrogen) atoms. The lowest BCUT2D eigenvalue weighted by Crippen LogP contribution is -2.46. The van der Waals surface area contributed by atoms with Crippen LogP contribution in [-0.2, 0) is 16.9 Å². The summed E-state index contributed by atoms with van der Waals surface area (Å²) in [6.07, 6.45) is 2.97. The summed E-state index contributed by atoms with van der Waals surface area (Å²) in [6, 6.07) is 13.9. The number of nitrogens with zero attached hydrogens (tertiary/aromatic N) is 4. The number of methoxy groups -OCH3 is 1. The number of hydrogen-bond donors (Lipinski definition) is 1. The number of amides is 1. The number of ether oxygens (including phenoxy) is 2. The number of hydrogen-bond acceptors (Lipinski definition) is 9. The van der Waals surface area contributed by atoms with Crippen molar-refractivity contribution >= 4 is 29.2 Å². The number of nitrogens with one attached hydrogen (secondary N) is 1. The molecule has 1 amide bonds. The minimum atomic E-state index is -0.211. The monoisotopic (exact) mass is 537 g/mol. The quantitative estimate of drug-likeness (QED) is 0.302. The molecule has 1 atom stereocenters. The van der Waals surface area contributed by atoms with Crippen LogP contribution >= 0.6 is 11.8 Å². The van der Waals surface area contributed by atoms with Gasteiger partial charge in [-0.15, -0.1) is 0 Å². The standard InChI is InChI=1S/C28H35N5O4S/c1-3-20-17-26(33-14-12-32(13-15-33)21-6-8-22(35-2)9-7-21)31-28(30-20)38-19-24-10-11-25(37-24)27(34)29-18-23-5-4-16-36-23/h6-11,17,23H,3-5,12-16,18-19H2,1-2H3,(H,29,34). The summed E-state index contributed by atoms with van der Waals surface area (Å²) >= 11 is 1.52. The molecule has 2 aromatic heterocycles. The Bertz CT molecular complexity index is 1200. The Labute approximate surface area is 227 Å². The van der Waals surface area contributed by atoms with Gasteiger partial charge in [-0.2, -0.15) is 0 Å². The second-order valence-corrected chi connectivity index (χ2v) is 10.4. The minimum absolute atomic E-state index is 0.103. The Hall–Kier alpha value is -3.24.